The fraction of sp³-hybridized carbons (Fsp3) is 0.429. The van der Waals surface area contributed by atoms with Crippen LogP contribution in [0.1, 0.15) is 5.56 Å². The van der Waals surface area contributed by atoms with Gasteiger partial charge < -0.3 is 9.47 Å². The van der Waals surface area contributed by atoms with Gasteiger partial charge in [0, 0.05) is 18.7 Å². The molecule has 20 heavy (non-hydrogen) atoms. The van der Waals surface area contributed by atoms with Crippen LogP contribution in [0.4, 0.5) is 0 Å². The maximum absolute atomic E-state index is 11.7. The van der Waals surface area contributed by atoms with Crippen molar-refractivity contribution in [3.8, 4) is 5.75 Å². The summed E-state index contributed by atoms with van der Waals surface area (Å²) in [4.78, 5) is 13.8. The van der Waals surface area contributed by atoms with Gasteiger partial charge in [0.1, 0.15) is 5.75 Å². The summed E-state index contributed by atoms with van der Waals surface area (Å²) in [6, 6.07) is 7.49. The molecule has 0 atom stereocenters. The van der Waals surface area contributed by atoms with Crippen LogP contribution in [0.25, 0.3) is 0 Å². The van der Waals surface area contributed by atoms with E-state index in [1.54, 1.807) is 13.3 Å². The Morgan fingerprint density at radius 1 is 1.45 bits per heavy atom. The minimum atomic E-state index is -0.127. The number of nitrogens with one attached hydrogen (secondary N) is 1. The van der Waals surface area contributed by atoms with Crippen molar-refractivity contribution >= 4 is 12.1 Å². The van der Waals surface area contributed by atoms with Gasteiger partial charge in [-0.3, -0.25) is 9.69 Å². The highest BCUT2D eigenvalue weighted by Gasteiger charge is 2.13. The van der Waals surface area contributed by atoms with Crippen LogP contribution in [0.15, 0.2) is 29.4 Å². The Hall–Kier alpha value is -1.92. The Morgan fingerprint density at radius 3 is 2.95 bits per heavy atom. The summed E-state index contributed by atoms with van der Waals surface area (Å²) in [5.41, 5.74) is 3.34. The number of hydrazone groups is 1. The number of amides is 1. The molecule has 0 aromatic heterocycles. The SMILES string of the molecule is COc1ccccc1C=NNC(=O)CN1CCOCC1. The number of carbonyl (C=O) groups excluding carboxylic acids is 1. The molecule has 1 amide bonds. The Bertz CT molecular complexity index is 470. The highest BCUT2D eigenvalue weighted by atomic mass is 16.5. The molecule has 1 saturated heterocycles. The third kappa shape index (κ3) is 4.32. The first-order chi connectivity index (χ1) is 9.79. The van der Waals surface area contributed by atoms with E-state index >= 15 is 0 Å². The standard InChI is InChI=1S/C14H19N3O3/c1-19-13-5-3-2-4-12(13)10-15-16-14(18)11-17-6-8-20-9-7-17/h2-5,10H,6-9,11H2,1H3,(H,16,18). The zero-order valence-corrected chi connectivity index (χ0v) is 11.5. The van der Waals surface area contributed by atoms with Gasteiger partial charge in [-0.2, -0.15) is 5.10 Å². The van der Waals surface area contributed by atoms with Gasteiger partial charge in [0.15, 0.2) is 0 Å². The smallest absolute Gasteiger partial charge is 0.254 e. The van der Waals surface area contributed by atoms with Gasteiger partial charge in [0.2, 0.25) is 0 Å². The van der Waals surface area contributed by atoms with Crippen LogP contribution in [-0.2, 0) is 9.53 Å². The molecular weight excluding hydrogens is 258 g/mol. The highest BCUT2D eigenvalue weighted by molar-refractivity contribution is 5.85. The minimum Gasteiger partial charge on any atom is -0.496 e. The number of ether oxygens (including phenoxy) is 2. The lowest BCUT2D eigenvalue weighted by molar-refractivity contribution is -0.123. The molecule has 108 valence electrons. The van der Waals surface area contributed by atoms with Crippen LogP contribution < -0.4 is 10.2 Å². The summed E-state index contributed by atoms with van der Waals surface area (Å²) in [7, 11) is 1.60. The summed E-state index contributed by atoms with van der Waals surface area (Å²) < 4.78 is 10.4. The molecule has 1 heterocycles. The van der Waals surface area contributed by atoms with E-state index in [0.29, 0.717) is 19.8 Å². The lowest BCUT2D eigenvalue weighted by atomic mass is 10.2. The van der Waals surface area contributed by atoms with E-state index in [1.165, 1.54) is 0 Å². The van der Waals surface area contributed by atoms with Crippen LogP contribution in [0, 0.1) is 0 Å². The summed E-state index contributed by atoms with van der Waals surface area (Å²) in [6.45, 7) is 3.26. The molecule has 1 aromatic rings. The molecule has 0 bridgehead atoms. The monoisotopic (exact) mass is 277 g/mol. The van der Waals surface area contributed by atoms with E-state index in [2.05, 4.69) is 10.5 Å². The number of benzene rings is 1. The van der Waals surface area contributed by atoms with Gasteiger partial charge in [0.05, 0.1) is 33.1 Å². The average Bonchev–Trinajstić information content (AvgIpc) is 2.49. The Kier molecular flexibility index (Phi) is 5.52. The first-order valence-corrected chi connectivity index (χ1v) is 6.54. The fourth-order valence-corrected chi connectivity index (χ4v) is 1.94. The third-order valence-corrected chi connectivity index (χ3v) is 3.00. The zero-order chi connectivity index (χ0) is 14.2. The fourth-order valence-electron chi connectivity index (χ4n) is 1.94. The molecule has 2 rings (SSSR count). The lowest BCUT2D eigenvalue weighted by Gasteiger charge is -2.25. The predicted octanol–water partition coefficient (Wildman–Crippen LogP) is 0.477. The summed E-state index contributed by atoms with van der Waals surface area (Å²) in [5, 5.41) is 3.95. The van der Waals surface area contributed by atoms with Crippen molar-refractivity contribution in [1.29, 1.82) is 0 Å². The second-order valence-corrected chi connectivity index (χ2v) is 4.42. The van der Waals surface area contributed by atoms with Crippen molar-refractivity contribution in [2.24, 2.45) is 5.10 Å². The molecule has 0 unspecified atom stereocenters. The van der Waals surface area contributed by atoms with Gasteiger partial charge in [-0.05, 0) is 12.1 Å². The number of rotatable bonds is 5. The first-order valence-electron chi connectivity index (χ1n) is 6.54. The van der Waals surface area contributed by atoms with E-state index in [9.17, 15) is 4.79 Å². The zero-order valence-electron chi connectivity index (χ0n) is 11.5. The van der Waals surface area contributed by atoms with Crippen molar-refractivity contribution in [2.75, 3.05) is 40.0 Å². The van der Waals surface area contributed by atoms with Crippen LogP contribution in [0.5, 0.6) is 5.75 Å². The minimum absolute atomic E-state index is 0.127. The number of morpholine rings is 1. The van der Waals surface area contributed by atoms with E-state index in [1.807, 2.05) is 29.2 Å². The number of carbonyl (C=O) groups is 1. The number of nitrogens with zero attached hydrogens (tertiary/aromatic N) is 2. The van der Waals surface area contributed by atoms with Gasteiger partial charge in [-0.25, -0.2) is 5.43 Å². The normalized spacial score (nSPS) is 16.2. The lowest BCUT2D eigenvalue weighted by Crippen LogP contribution is -2.42. The topological polar surface area (TPSA) is 63.2 Å². The number of methoxy groups -OCH3 is 1. The van der Waals surface area contributed by atoms with Crippen LogP contribution in [0.2, 0.25) is 0 Å². The number of para-hydroxylation sites is 1. The summed E-state index contributed by atoms with van der Waals surface area (Å²) in [5.74, 6) is 0.594. The molecule has 6 nitrogen and oxygen atoms in total. The second kappa shape index (κ2) is 7.62. The van der Waals surface area contributed by atoms with Crippen LogP contribution in [0.3, 0.4) is 0 Å². The molecular formula is C14H19N3O3. The second-order valence-electron chi connectivity index (χ2n) is 4.42. The number of hydrogen-bond donors (Lipinski definition) is 1. The van der Waals surface area contributed by atoms with Crippen molar-refractivity contribution in [2.45, 2.75) is 0 Å². The van der Waals surface area contributed by atoms with E-state index < -0.39 is 0 Å². The highest BCUT2D eigenvalue weighted by Crippen LogP contribution is 2.14. The van der Waals surface area contributed by atoms with Gasteiger partial charge in [-0.15, -0.1) is 0 Å². The molecule has 1 aliphatic heterocycles. The molecule has 1 N–H and O–H groups in total. The Morgan fingerprint density at radius 2 is 2.20 bits per heavy atom. The quantitative estimate of drug-likeness (QED) is 0.628. The van der Waals surface area contributed by atoms with Crippen molar-refractivity contribution in [1.82, 2.24) is 10.3 Å². The third-order valence-electron chi connectivity index (χ3n) is 3.00. The van der Waals surface area contributed by atoms with Gasteiger partial charge in [-0.1, -0.05) is 12.1 Å². The molecule has 0 saturated carbocycles. The van der Waals surface area contributed by atoms with Crippen LogP contribution in [-0.4, -0.2) is 57.0 Å². The molecule has 0 spiro atoms. The van der Waals surface area contributed by atoms with E-state index in [0.717, 1.165) is 24.4 Å². The molecule has 6 heteroatoms. The average molecular weight is 277 g/mol. The van der Waals surface area contributed by atoms with Gasteiger partial charge >= 0.3 is 0 Å². The van der Waals surface area contributed by atoms with E-state index in [4.69, 9.17) is 9.47 Å². The van der Waals surface area contributed by atoms with E-state index in [-0.39, 0.29) is 5.91 Å². The summed E-state index contributed by atoms with van der Waals surface area (Å²) >= 11 is 0. The Labute approximate surface area is 118 Å². The predicted molar refractivity (Wildman–Crippen MR) is 76.0 cm³/mol. The maximum atomic E-state index is 11.7. The van der Waals surface area contributed by atoms with Crippen molar-refractivity contribution in [3.63, 3.8) is 0 Å². The Balaban J connectivity index is 1.81. The van der Waals surface area contributed by atoms with Gasteiger partial charge in [0.25, 0.3) is 5.91 Å². The molecule has 1 aliphatic rings. The molecule has 1 fully saturated rings. The first kappa shape index (κ1) is 14.5. The van der Waals surface area contributed by atoms with Crippen molar-refractivity contribution < 1.29 is 14.3 Å². The molecule has 1 aromatic carbocycles. The molecule has 0 radical (unpaired) electrons. The van der Waals surface area contributed by atoms with Crippen LogP contribution >= 0.6 is 0 Å². The summed E-state index contributed by atoms with van der Waals surface area (Å²) in [6.07, 6.45) is 1.58. The largest absolute Gasteiger partial charge is 0.496 e. The maximum Gasteiger partial charge on any atom is 0.254 e. The van der Waals surface area contributed by atoms with Crippen molar-refractivity contribution in [3.05, 3.63) is 29.8 Å². The molecule has 0 aliphatic carbocycles. The number of hydrogen-bond acceptors (Lipinski definition) is 5.